The third kappa shape index (κ3) is 5.82. The quantitative estimate of drug-likeness (QED) is 0.498. The van der Waals surface area contributed by atoms with Crippen LogP contribution in [0.1, 0.15) is 46.1 Å². The van der Waals surface area contributed by atoms with Gasteiger partial charge < -0.3 is 15.0 Å². The van der Waals surface area contributed by atoms with Crippen molar-refractivity contribution in [3.8, 4) is 11.8 Å². The molecule has 39 heavy (non-hydrogen) atoms. The van der Waals surface area contributed by atoms with E-state index >= 15 is 0 Å². The van der Waals surface area contributed by atoms with Crippen molar-refractivity contribution in [3.05, 3.63) is 56.2 Å². The van der Waals surface area contributed by atoms with Crippen LogP contribution in [-0.4, -0.2) is 49.5 Å². The first kappa shape index (κ1) is 27.9. The van der Waals surface area contributed by atoms with E-state index in [-0.39, 0.29) is 29.3 Å². The molecular formula is C27H32F2N6O4. The summed E-state index contributed by atoms with van der Waals surface area (Å²) in [6.07, 6.45) is 0.939. The van der Waals surface area contributed by atoms with Gasteiger partial charge in [0.05, 0.1) is 13.1 Å². The van der Waals surface area contributed by atoms with Gasteiger partial charge in [-0.15, -0.1) is 5.92 Å². The lowest BCUT2D eigenvalue weighted by atomic mass is 10.1. The van der Waals surface area contributed by atoms with Gasteiger partial charge in [-0.05, 0) is 52.7 Å². The van der Waals surface area contributed by atoms with Gasteiger partial charge in [0.1, 0.15) is 17.2 Å². The van der Waals surface area contributed by atoms with Crippen LogP contribution in [0.5, 0.6) is 0 Å². The Morgan fingerprint density at radius 1 is 1.21 bits per heavy atom. The van der Waals surface area contributed by atoms with Crippen LogP contribution in [0.2, 0.25) is 0 Å². The number of ether oxygens (including phenoxy) is 1. The minimum Gasteiger partial charge on any atom is -0.444 e. The van der Waals surface area contributed by atoms with Crippen molar-refractivity contribution in [2.75, 3.05) is 18.0 Å². The fraction of sp³-hybridized carbons (Fsp3) is 0.481. The Morgan fingerprint density at radius 3 is 2.54 bits per heavy atom. The SMILES string of the molecule is CC#CCn1c(N2CCC[C@@H](NC(=O)OC(C)(C)C)C2)nc2c1c(=O)n(Cc1c(F)cccc1F)c(=O)n2C. The van der Waals surface area contributed by atoms with E-state index in [2.05, 4.69) is 22.1 Å². The number of aromatic nitrogens is 4. The molecule has 0 bridgehead atoms. The molecule has 1 N–H and O–H groups in total. The van der Waals surface area contributed by atoms with E-state index < -0.39 is 41.1 Å². The fourth-order valence-corrected chi connectivity index (χ4v) is 4.64. The maximum Gasteiger partial charge on any atom is 0.407 e. The van der Waals surface area contributed by atoms with E-state index in [4.69, 9.17) is 4.74 Å². The molecule has 0 spiro atoms. The molecule has 3 aromatic rings. The van der Waals surface area contributed by atoms with Crippen molar-refractivity contribution < 1.29 is 18.3 Å². The van der Waals surface area contributed by atoms with Crippen molar-refractivity contribution in [2.24, 2.45) is 7.05 Å². The van der Waals surface area contributed by atoms with Gasteiger partial charge in [0.2, 0.25) is 5.95 Å². The summed E-state index contributed by atoms with van der Waals surface area (Å²) in [5.74, 6) is 4.44. The van der Waals surface area contributed by atoms with Gasteiger partial charge in [-0.25, -0.2) is 18.4 Å². The zero-order valence-corrected chi connectivity index (χ0v) is 22.7. The van der Waals surface area contributed by atoms with Gasteiger partial charge in [-0.2, -0.15) is 4.98 Å². The highest BCUT2D eigenvalue weighted by molar-refractivity contribution is 5.75. The van der Waals surface area contributed by atoms with Crippen LogP contribution >= 0.6 is 0 Å². The van der Waals surface area contributed by atoms with Crippen molar-refractivity contribution in [1.82, 2.24) is 24.0 Å². The number of halogens is 2. The van der Waals surface area contributed by atoms with E-state index in [1.807, 2.05) is 4.90 Å². The van der Waals surface area contributed by atoms with Crippen LogP contribution < -0.4 is 21.5 Å². The maximum atomic E-state index is 14.4. The zero-order chi connectivity index (χ0) is 28.5. The normalized spacial score (nSPS) is 15.7. The molecule has 1 aliphatic heterocycles. The largest absolute Gasteiger partial charge is 0.444 e. The lowest BCUT2D eigenvalue weighted by Crippen LogP contribution is -2.49. The van der Waals surface area contributed by atoms with Crippen LogP contribution in [0.25, 0.3) is 11.2 Å². The molecular weight excluding hydrogens is 510 g/mol. The topological polar surface area (TPSA) is 103 Å². The summed E-state index contributed by atoms with van der Waals surface area (Å²) in [5, 5.41) is 2.89. The van der Waals surface area contributed by atoms with Crippen LogP contribution in [0.4, 0.5) is 19.5 Å². The smallest absolute Gasteiger partial charge is 0.407 e. The van der Waals surface area contributed by atoms with E-state index in [0.29, 0.717) is 19.0 Å². The fourth-order valence-electron chi connectivity index (χ4n) is 4.64. The molecule has 10 nitrogen and oxygen atoms in total. The van der Waals surface area contributed by atoms with Crippen LogP contribution in [0.3, 0.4) is 0 Å². The van der Waals surface area contributed by atoms with Gasteiger partial charge in [-0.1, -0.05) is 12.0 Å². The number of nitrogens with zero attached hydrogens (tertiary/aromatic N) is 5. The number of nitrogens with one attached hydrogen (secondary N) is 1. The lowest BCUT2D eigenvalue weighted by molar-refractivity contribution is 0.0499. The Labute approximate surface area is 224 Å². The number of imidazole rings is 1. The number of alkyl carbamates (subject to hydrolysis) is 1. The number of carbonyl (C=O) groups is 1. The molecule has 1 atom stereocenters. The number of hydrogen-bond donors (Lipinski definition) is 1. The molecule has 1 aromatic carbocycles. The second-order valence-corrected chi connectivity index (χ2v) is 10.5. The first-order valence-corrected chi connectivity index (χ1v) is 12.7. The molecule has 1 amide bonds. The molecule has 0 radical (unpaired) electrons. The molecule has 0 aliphatic carbocycles. The predicted octanol–water partition coefficient (Wildman–Crippen LogP) is 2.74. The van der Waals surface area contributed by atoms with Crippen molar-refractivity contribution in [3.63, 3.8) is 0 Å². The van der Waals surface area contributed by atoms with Crippen LogP contribution in [-0.2, 0) is 24.9 Å². The van der Waals surface area contributed by atoms with E-state index in [1.165, 1.54) is 17.7 Å². The van der Waals surface area contributed by atoms with Gasteiger partial charge in [0.25, 0.3) is 5.56 Å². The average Bonchev–Trinajstić information content (AvgIpc) is 3.24. The lowest BCUT2D eigenvalue weighted by Gasteiger charge is -2.34. The third-order valence-electron chi connectivity index (χ3n) is 6.43. The number of benzene rings is 1. The molecule has 0 saturated carbocycles. The minimum atomic E-state index is -0.855. The Balaban J connectivity index is 1.78. The number of rotatable bonds is 5. The highest BCUT2D eigenvalue weighted by Gasteiger charge is 2.29. The minimum absolute atomic E-state index is 0.0915. The summed E-state index contributed by atoms with van der Waals surface area (Å²) in [4.78, 5) is 45.7. The van der Waals surface area contributed by atoms with Gasteiger partial charge >= 0.3 is 11.8 Å². The van der Waals surface area contributed by atoms with E-state index in [1.54, 1.807) is 32.3 Å². The first-order chi connectivity index (χ1) is 18.4. The zero-order valence-electron chi connectivity index (χ0n) is 22.7. The first-order valence-electron chi connectivity index (χ1n) is 12.7. The molecule has 3 heterocycles. The standard InChI is InChI=1S/C27H32F2N6O4/c1-6-7-14-34-21-22(31-24(34)33-13-9-10-17(15-33)30-25(37)39-27(2,3)4)32(5)26(38)35(23(21)36)16-18-19(28)11-8-12-20(18)29/h8,11-12,17H,9-10,13-16H2,1-5H3,(H,30,37)/t17-/m1/s1. The molecule has 1 saturated heterocycles. The summed E-state index contributed by atoms with van der Waals surface area (Å²) < 4.78 is 37.7. The molecule has 2 aromatic heterocycles. The van der Waals surface area contributed by atoms with Crippen molar-refractivity contribution in [2.45, 2.75) is 65.3 Å². The Hall–Kier alpha value is -4.14. The number of fused-ring (bicyclic) bond motifs is 1. The molecule has 1 fully saturated rings. The number of amides is 1. The average molecular weight is 543 g/mol. The summed E-state index contributed by atoms with van der Waals surface area (Å²) in [5.41, 5.74) is -2.28. The number of aryl methyl sites for hydroxylation is 1. The third-order valence-corrected chi connectivity index (χ3v) is 6.43. The van der Waals surface area contributed by atoms with Crippen LogP contribution in [0.15, 0.2) is 27.8 Å². The molecule has 0 unspecified atom stereocenters. The maximum absolute atomic E-state index is 14.4. The molecule has 12 heteroatoms. The summed E-state index contributed by atoms with van der Waals surface area (Å²) in [6, 6.07) is 3.13. The molecule has 4 rings (SSSR count). The highest BCUT2D eigenvalue weighted by atomic mass is 19.1. The predicted molar refractivity (Wildman–Crippen MR) is 143 cm³/mol. The number of anilines is 1. The second-order valence-electron chi connectivity index (χ2n) is 10.5. The Kier molecular flexibility index (Phi) is 7.81. The van der Waals surface area contributed by atoms with Gasteiger partial charge in [0, 0.05) is 31.7 Å². The Morgan fingerprint density at radius 2 is 1.90 bits per heavy atom. The number of hydrogen-bond acceptors (Lipinski definition) is 6. The van der Waals surface area contributed by atoms with Crippen molar-refractivity contribution >= 4 is 23.2 Å². The van der Waals surface area contributed by atoms with Crippen LogP contribution in [0, 0.1) is 23.5 Å². The monoisotopic (exact) mass is 542 g/mol. The summed E-state index contributed by atoms with van der Waals surface area (Å²) in [7, 11) is 1.45. The van der Waals surface area contributed by atoms with Gasteiger partial charge in [0.15, 0.2) is 11.2 Å². The summed E-state index contributed by atoms with van der Waals surface area (Å²) in [6.45, 7) is 7.53. The molecule has 208 valence electrons. The van der Waals surface area contributed by atoms with E-state index in [0.717, 1.165) is 29.5 Å². The number of piperidine rings is 1. The van der Waals surface area contributed by atoms with Crippen molar-refractivity contribution in [1.29, 1.82) is 0 Å². The highest BCUT2D eigenvalue weighted by Crippen LogP contribution is 2.24. The Bertz CT molecular complexity index is 1570. The van der Waals surface area contributed by atoms with E-state index in [9.17, 15) is 23.2 Å². The summed E-state index contributed by atoms with van der Waals surface area (Å²) >= 11 is 0. The second kappa shape index (κ2) is 10.9. The molecule has 1 aliphatic rings. The van der Waals surface area contributed by atoms with Gasteiger partial charge in [-0.3, -0.25) is 18.5 Å². The number of carbonyl (C=O) groups excluding carboxylic acids is 1.